The highest BCUT2D eigenvalue weighted by Crippen LogP contribution is 2.33. The van der Waals surface area contributed by atoms with E-state index in [1.807, 2.05) is 0 Å². The van der Waals surface area contributed by atoms with Crippen molar-refractivity contribution in [1.29, 1.82) is 0 Å². The lowest BCUT2D eigenvalue weighted by Gasteiger charge is -2.27. The van der Waals surface area contributed by atoms with Crippen LogP contribution in [0.25, 0.3) is 0 Å². The number of rotatable bonds is 2. The molecule has 2 aliphatic carbocycles. The van der Waals surface area contributed by atoms with Gasteiger partial charge < -0.3 is 8.58 Å². The van der Waals surface area contributed by atoms with Crippen LogP contribution in [0.4, 0.5) is 0 Å². The van der Waals surface area contributed by atoms with E-state index in [0.717, 1.165) is 0 Å². The molecule has 0 N–H and O–H groups in total. The molecule has 0 saturated heterocycles. The molecule has 11 heavy (non-hydrogen) atoms. The van der Waals surface area contributed by atoms with Crippen LogP contribution in [0.15, 0.2) is 48.6 Å². The largest absolute Gasteiger partial charge is 0.516 e. The molecular formula is C10H10P-. The minimum Gasteiger partial charge on any atom is -0.516 e. The number of hydrogen-bond donors (Lipinski definition) is 0. The maximum Gasteiger partial charge on any atom is -0.0685 e. The van der Waals surface area contributed by atoms with E-state index < -0.39 is 0 Å². The zero-order chi connectivity index (χ0) is 7.52. The summed E-state index contributed by atoms with van der Waals surface area (Å²) in [4.78, 5) is 0. The van der Waals surface area contributed by atoms with Crippen molar-refractivity contribution >= 4 is 8.58 Å². The summed E-state index contributed by atoms with van der Waals surface area (Å²) in [5, 5.41) is 0. The molecule has 56 valence electrons. The van der Waals surface area contributed by atoms with Gasteiger partial charge in [0.05, 0.1) is 0 Å². The third kappa shape index (κ3) is 1.70. The first kappa shape index (κ1) is 7.06. The number of allylic oxidation sites excluding steroid dienone is 8. The van der Waals surface area contributed by atoms with Crippen molar-refractivity contribution in [2.24, 2.45) is 0 Å². The molecule has 0 heterocycles. The van der Waals surface area contributed by atoms with Crippen LogP contribution in [-0.4, -0.2) is 11.3 Å². The van der Waals surface area contributed by atoms with E-state index >= 15 is 0 Å². The molecule has 2 aliphatic rings. The van der Waals surface area contributed by atoms with Crippen LogP contribution in [0.2, 0.25) is 0 Å². The van der Waals surface area contributed by atoms with Crippen LogP contribution in [0, 0.1) is 0 Å². The van der Waals surface area contributed by atoms with Gasteiger partial charge in [0.2, 0.25) is 0 Å². The summed E-state index contributed by atoms with van der Waals surface area (Å²) in [7, 11) is 1.48. The predicted molar refractivity (Wildman–Crippen MR) is 51.1 cm³/mol. The van der Waals surface area contributed by atoms with E-state index in [2.05, 4.69) is 48.6 Å². The Bertz CT molecular complexity index is 196. The maximum absolute atomic E-state index is 2.25. The zero-order valence-corrected chi connectivity index (χ0v) is 7.12. The van der Waals surface area contributed by atoms with E-state index in [1.54, 1.807) is 0 Å². The van der Waals surface area contributed by atoms with Crippen molar-refractivity contribution < 1.29 is 0 Å². The predicted octanol–water partition coefficient (Wildman–Crippen LogP) is 2.92. The fourth-order valence-electron chi connectivity index (χ4n) is 1.24. The smallest absolute Gasteiger partial charge is 0.0685 e. The Morgan fingerprint density at radius 1 is 0.636 bits per heavy atom. The van der Waals surface area contributed by atoms with Gasteiger partial charge in [0, 0.05) is 0 Å². The second-order valence-corrected chi connectivity index (χ2v) is 4.16. The van der Waals surface area contributed by atoms with Gasteiger partial charge in [-0.05, 0) is 0 Å². The van der Waals surface area contributed by atoms with E-state index in [-0.39, 0.29) is 0 Å². The van der Waals surface area contributed by atoms with Crippen molar-refractivity contribution in [2.45, 2.75) is 11.3 Å². The summed E-state index contributed by atoms with van der Waals surface area (Å²) in [6.07, 6.45) is 17.5. The van der Waals surface area contributed by atoms with Gasteiger partial charge >= 0.3 is 0 Å². The molecule has 0 unspecified atom stereocenters. The van der Waals surface area contributed by atoms with Crippen molar-refractivity contribution in [3.8, 4) is 0 Å². The second-order valence-electron chi connectivity index (χ2n) is 2.67. The SMILES string of the molecule is C1=CC([P-]C2C=CC=C2)C=C1. The Kier molecular flexibility index (Phi) is 2.05. The van der Waals surface area contributed by atoms with Gasteiger partial charge in [-0.3, -0.25) is 0 Å². The van der Waals surface area contributed by atoms with Crippen LogP contribution >= 0.6 is 8.58 Å². The molecule has 2 rings (SSSR count). The molecule has 0 bridgehead atoms. The first-order chi connectivity index (χ1) is 5.45. The lowest BCUT2D eigenvalue weighted by atomic mass is 10.5. The molecule has 0 aromatic rings. The highest BCUT2D eigenvalue weighted by molar-refractivity contribution is 7.40. The Hall–Kier alpha value is -0.610. The van der Waals surface area contributed by atoms with Gasteiger partial charge in [-0.15, -0.1) is 35.6 Å². The second kappa shape index (κ2) is 3.19. The quantitative estimate of drug-likeness (QED) is 0.546. The van der Waals surface area contributed by atoms with Crippen molar-refractivity contribution in [3.63, 3.8) is 0 Å². The summed E-state index contributed by atoms with van der Waals surface area (Å²) in [5.74, 6) is 0. The third-order valence-corrected chi connectivity index (χ3v) is 3.18. The summed E-state index contributed by atoms with van der Waals surface area (Å²) >= 11 is 0. The molecular weight excluding hydrogens is 151 g/mol. The topological polar surface area (TPSA) is 0 Å². The average molecular weight is 161 g/mol. The van der Waals surface area contributed by atoms with E-state index in [1.165, 1.54) is 8.58 Å². The zero-order valence-electron chi connectivity index (χ0n) is 6.22. The molecule has 0 fully saturated rings. The van der Waals surface area contributed by atoms with Gasteiger partial charge in [-0.1, -0.05) is 24.3 Å². The van der Waals surface area contributed by atoms with Crippen molar-refractivity contribution in [2.75, 3.05) is 0 Å². The van der Waals surface area contributed by atoms with Crippen molar-refractivity contribution in [3.05, 3.63) is 48.6 Å². The Morgan fingerprint density at radius 3 is 1.36 bits per heavy atom. The molecule has 0 spiro atoms. The summed E-state index contributed by atoms with van der Waals surface area (Å²) in [6, 6.07) is 0. The van der Waals surface area contributed by atoms with E-state index in [9.17, 15) is 0 Å². The van der Waals surface area contributed by atoms with Crippen molar-refractivity contribution in [1.82, 2.24) is 0 Å². The monoisotopic (exact) mass is 161 g/mol. The fourth-order valence-corrected chi connectivity index (χ4v) is 2.43. The molecule has 0 atom stereocenters. The highest BCUT2D eigenvalue weighted by atomic mass is 31.1. The van der Waals surface area contributed by atoms with E-state index in [4.69, 9.17) is 0 Å². The molecule has 0 radical (unpaired) electrons. The average Bonchev–Trinajstić information content (AvgIpc) is 2.60. The summed E-state index contributed by atoms with van der Waals surface area (Å²) in [5.41, 5.74) is 1.29. The fraction of sp³-hybridized carbons (Fsp3) is 0.200. The lowest BCUT2D eigenvalue weighted by molar-refractivity contribution is 1.37. The van der Waals surface area contributed by atoms with Gasteiger partial charge in [-0.2, -0.15) is 0 Å². The molecule has 0 nitrogen and oxygen atoms in total. The minimum absolute atomic E-state index is 0.646. The van der Waals surface area contributed by atoms with Gasteiger partial charge in [-0.25, -0.2) is 0 Å². The summed E-state index contributed by atoms with van der Waals surface area (Å²) in [6.45, 7) is 0. The molecule has 0 aromatic carbocycles. The Balaban J connectivity index is 1.90. The van der Waals surface area contributed by atoms with Gasteiger partial charge in [0.25, 0.3) is 0 Å². The van der Waals surface area contributed by atoms with Crippen LogP contribution in [0.3, 0.4) is 0 Å². The van der Waals surface area contributed by atoms with Crippen LogP contribution in [0.1, 0.15) is 0 Å². The van der Waals surface area contributed by atoms with Crippen LogP contribution in [-0.2, 0) is 0 Å². The Labute approximate surface area is 69.2 Å². The highest BCUT2D eigenvalue weighted by Gasteiger charge is 1.96. The lowest BCUT2D eigenvalue weighted by Crippen LogP contribution is -1.95. The molecule has 0 saturated carbocycles. The third-order valence-electron chi connectivity index (χ3n) is 1.80. The molecule has 1 heteroatoms. The molecule has 0 aliphatic heterocycles. The molecule has 0 aromatic heterocycles. The van der Waals surface area contributed by atoms with Crippen LogP contribution < -0.4 is 0 Å². The van der Waals surface area contributed by atoms with E-state index in [0.29, 0.717) is 11.3 Å². The van der Waals surface area contributed by atoms with Gasteiger partial charge in [0.15, 0.2) is 0 Å². The maximum atomic E-state index is 2.25. The number of hydrogen-bond acceptors (Lipinski definition) is 0. The summed E-state index contributed by atoms with van der Waals surface area (Å²) < 4.78 is 0. The standard InChI is InChI=1S/C10H10P/c1-2-6-9(5-1)11-10-7-3-4-8-10/h1-10H/q-1. The van der Waals surface area contributed by atoms with Crippen LogP contribution in [0.5, 0.6) is 0 Å². The minimum atomic E-state index is 0.646. The normalized spacial score (nSPS) is 22.5. The van der Waals surface area contributed by atoms with Gasteiger partial charge in [0.1, 0.15) is 0 Å². The molecule has 0 amide bonds. The first-order valence-corrected chi connectivity index (χ1v) is 4.88. The first-order valence-electron chi connectivity index (χ1n) is 3.85. The Morgan fingerprint density at radius 2 is 1.00 bits per heavy atom.